The summed E-state index contributed by atoms with van der Waals surface area (Å²) in [7, 11) is 0. The van der Waals surface area contributed by atoms with E-state index in [0.29, 0.717) is 18.5 Å². The molecule has 0 unspecified atom stereocenters. The molecule has 4 heteroatoms. The minimum absolute atomic E-state index is 0.101. The first kappa shape index (κ1) is 13.0. The van der Waals surface area contributed by atoms with E-state index < -0.39 is 0 Å². The van der Waals surface area contributed by atoms with Crippen molar-refractivity contribution in [3.05, 3.63) is 66.0 Å². The van der Waals surface area contributed by atoms with Crippen LogP contribution in [0.4, 0.5) is 0 Å². The molecule has 0 spiro atoms. The maximum Gasteiger partial charge on any atom is 0.240 e. The molecule has 2 aromatic rings. The number of carbonyl (C=O) groups is 1. The van der Waals surface area contributed by atoms with E-state index in [-0.39, 0.29) is 5.91 Å². The number of rotatable bonds is 5. The van der Waals surface area contributed by atoms with E-state index in [1.807, 2.05) is 48.5 Å². The maximum absolute atomic E-state index is 11.6. The molecule has 0 aliphatic rings. The van der Waals surface area contributed by atoms with Crippen LogP contribution >= 0.6 is 0 Å². The van der Waals surface area contributed by atoms with Gasteiger partial charge in [0.25, 0.3) is 0 Å². The normalized spacial score (nSPS) is 10.5. The molecule has 96 valence electrons. The Hall–Kier alpha value is -2.49. The van der Waals surface area contributed by atoms with Gasteiger partial charge in [-0.05, 0) is 24.1 Å². The summed E-state index contributed by atoms with van der Waals surface area (Å²) >= 11 is 0. The van der Waals surface area contributed by atoms with Crippen molar-refractivity contribution in [1.82, 2.24) is 10.4 Å². The highest BCUT2D eigenvalue weighted by atomic mass is 16.2. The Kier molecular flexibility index (Phi) is 4.81. The van der Waals surface area contributed by atoms with Gasteiger partial charge < -0.3 is 0 Å². The zero-order chi connectivity index (χ0) is 13.3. The third-order valence-corrected chi connectivity index (χ3v) is 2.56. The van der Waals surface area contributed by atoms with Crippen molar-refractivity contribution >= 4 is 12.1 Å². The molecule has 0 radical (unpaired) electrons. The summed E-state index contributed by atoms with van der Waals surface area (Å²) in [5, 5.41) is 3.87. The minimum atomic E-state index is -0.101. The predicted molar refractivity (Wildman–Crippen MR) is 74.7 cm³/mol. The summed E-state index contributed by atoms with van der Waals surface area (Å²) in [5.74, 6) is -0.101. The van der Waals surface area contributed by atoms with Crippen molar-refractivity contribution in [2.45, 2.75) is 12.8 Å². The number of aryl methyl sites for hydroxylation is 1. The average molecular weight is 253 g/mol. The van der Waals surface area contributed by atoms with Gasteiger partial charge in [0.05, 0.1) is 11.9 Å². The molecular weight excluding hydrogens is 238 g/mol. The molecule has 1 aromatic carbocycles. The van der Waals surface area contributed by atoms with Crippen LogP contribution in [0.3, 0.4) is 0 Å². The standard InChI is InChI=1S/C15H15N3O/c19-15(10-9-13-6-2-1-3-7-13)18-17-12-14-8-4-5-11-16-14/h1-8,11-12H,9-10H2,(H,18,19)/b17-12-. The van der Waals surface area contributed by atoms with E-state index in [1.54, 1.807) is 6.20 Å². The number of nitrogens with zero attached hydrogens (tertiary/aromatic N) is 2. The number of aromatic nitrogens is 1. The number of benzene rings is 1. The molecule has 0 aliphatic carbocycles. The van der Waals surface area contributed by atoms with E-state index in [4.69, 9.17) is 0 Å². The lowest BCUT2D eigenvalue weighted by Gasteiger charge is -2.00. The highest BCUT2D eigenvalue weighted by Gasteiger charge is 2.00. The summed E-state index contributed by atoms with van der Waals surface area (Å²) in [6.45, 7) is 0. The zero-order valence-electron chi connectivity index (χ0n) is 10.5. The Morgan fingerprint density at radius 3 is 2.68 bits per heavy atom. The molecular formula is C15H15N3O. The van der Waals surface area contributed by atoms with Crippen LogP contribution in [0.15, 0.2) is 59.8 Å². The molecule has 0 bridgehead atoms. The summed E-state index contributed by atoms with van der Waals surface area (Å²) in [5.41, 5.74) is 4.35. The van der Waals surface area contributed by atoms with Crippen LogP contribution in [-0.4, -0.2) is 17.1 Å². The quantitative estimate of drug-likeness (QED) is 0.655. The Balaban J connectivity index is 1.75. The third-order valence-electron chi connectivity index (χ3n) is 2.56. The molecule has 0 aliphatic heterocycles. The molecule has 1 heterocycles. The summed E-state index contributed by atoms with van der Waals surface area (Å²) < 4.78 is 0. The second-order valence-electron chi connectivity index (χ2n) is 4.03. The molecule has 1 N–H and O–H groups in total. The molecule has 0 fully saturated rings. The SMILES string of the molecule is O=C(CCc1ccccc1)N/N=C\c1ccccn1. The van der Waals surface area contributed by atoms with Gasteiger partial charge in [0, 0.05) is 12.6 Å². The van der Waals surface area contributed by atoms with Gasteiger partial charge in [0.2, 0.25) is 5.91 Å². The Labute approximate surface area is 112 Å². The van der Waals surface area contributed by atoms with Gasteiger partial charge in [-0.15, -0.1) is 0 Å². The average Bonchev–Trinajstić information content (AvgIpc) is 2.47. The number of nitrogens with one attached hydrogen (secondary N) is 1. The highest BCUT2D eigenvalue weighted by molar-refractivity contribution is 5.80. The fraction of sp³-hybridized carbons (Fsp3) is 0.133. The molecule has 1 aromatic heterocycles. The highest BCUT2D eigenvalue weighted by Crippen LogP contribution is 2.01. The summed E-state index contributed by atoms with van der Waals surface area (Å²) in [4.78, 5) is 15.6. The molecule has 0 saturated carbocycles. The molecule has 0 saturated heterocycles. The summed E-state index contributed by atoms with van der Waals surface area (Å²) in [6.07, 6.45) is 4.34. The van der Waals surface area contributed by atoms with Gasteiger partial charge in [-0.2, -0.15) is 5.10 Å². The topological polar surface area (TPSA) is 54.4 Å². The van der Waals surface area contributed by atoms with Crippen molar-refractivity contribution in [1.29, 1.82) is 0 Å². The van der Waals surface area contributed by atoms with Crippen LogP contribution in [0, 0.1) is 0 Å². The van der Waals surface area contributed by atoms with Gasteiger partial charge in [-0.25, -0.2) is 5.43 Å². The number of hydrogen-bond acceptors (Lipinski definition) is 3. The van der Waals surface area contributed by atoms with E-state index in [2.05, 4.69) is 15.5 Å². The van der Waals surface area contributed by atoms with Gasteiger partial charge in [0.1, 0.15) is 0 Å². The number of hydrazone groups is 1. The lowest BCUT2D eigenvalue weighted by atomic mass is 10.1. The first-order valence-electron chi connectivity index (χ1n) is 6.11. The zero-order valence-corrected chi connectivity index (χ0v) is 10.5. The lowest BCUT2D eigenvalue weighted by molar-refractivity contribution is -0.121. The van der Waals surface area contributed by atoms with Crippen LogP contribution in [0.1, 0.15) is 17.7 Å². The maximum atomic E-state index is 11.6. The molecule has 4 nitrogen and oxygen atoms in total. The van der Waals surface area contributed by atoms with Gasteiger partial charge >= 0.3 is 0 Å². The van der Waals surface area contributed by atoms with Crippen LogP contribution in [0.25, 0.3) is 0 Å². The van der Waals surface area contributed by atoms with Crippen molar-refractivity contribution < 1.29 is 4.79 Å². The molecule has 1 amide bonds. The largest absolute Gasteiger partial charge is 0.273 e. The van der Waals surface area contributed by atoms with Crippen LogP contribution < -0.4 is 5.43 Å². The Bertz CT molecular complexity index is 538. The van der Waals surface area contributed by atoms with Gasteiger partial charge in [-0.1, -0.05) is 36.4 Å². The molecule has 2 rings (SSSR count). The molecule has 19 heavy (non-hydrogen) atoms. The Morgan fingerprint density at radius 2 is 1.95 bits per heavy atom. The van der Waals surface area contributed by atoms with Crippen molar-refractivity contribution in [3.63, 3.8) is 0 Å². The second-order valence-corrected chi connectivity index (χ2v) is 4.03. The van der Waals surface area contributed by atoms with E-state index in [0.717, 1.165) is 5.56 Å². The van der Waals surface area contributed by atoms with Crippen molar-refractivity contribution in [2.75, 3.05) is 0 Å². The van der Waals surface area contributed by atoms with Gasteiger partial charge in [-0.3, -0.25) is 9.78 Å². The van der Waals surface area contributed by atoms with Crippen LogP contribution in [-0.2, 0) is 11.2 Å². The fourth-order valence-electron chi connectivity index (χ4n) is 1.58. The van der Waals surface area contributed by atoms with E-state index in [1.165, 1.54) is 6.21 Å². The summed E-state index contributed by atoms with van der Waals surface area (Å²) in [6, 6.07) is 15.4. The third kappa shape index (κ3) is 4.71. The number of carbonyl (C=O) groups excluding carboxylic acids is 1. The monoisotopic (exact) mass is 253 g/mol. The van der Waals surface area contributed by atoms with Crippen LogP contribution in [0.2, 0.25) is 0 Å². The Morgan fingerprint density at radius 1 is 1.16 bits per heavy atom. The lowest BCUT2D eigenvalue weighted by Crippen LogP contribution is -2.17. The first-order chi connectivity index (χ1) is 9.34. The number of amides is 1. The van der Waals surface area contributed by atoms with Gasteiger partial charge in [0.15, 0.2) is 0 Å². The van der Waals surface area contributed by atoms with Crippen molar-refractivity contribution in [2.24, 2.45) is 5.10 Å². The molecule has 0 atom stereocenters. The fourth-order valence-corrected chi connectivity index (χ4v) is 1.58. The first-order valence-corrected chi connectivity index (χ1v) is 6.11. The second kappa shape index (κ2) is 7.06. The smallest absolute Gasteiger partial charge is 0.240 e. The predicted octanol–water partition coefficient (Wildman–Crippen LogP) is 2.16. The van der Waals surface area contributed by atoms with Crippen molar-refractivity contribution in [3.8, 4) is 0 Å². The van der Waals surface area contributed by atoms with E-state index >= 15 is 0 Å². The van der Waals surface area contributed by atoms with E-state index in [9.17, 15) is 4.79 Å². The van der Waals surface area contributed by atoms with Crippen LogP contribution in [0.5, 0.6) is 0 Å². The number of hydrogen-bond donors (Lipinski definition) is 1. The number of pyridine rings is 1. The minimum Gasteiger partial charge on any atom is -0.273 e.